The van der Waals surface area contributed by atoms with Crippen molar-refractivity contribution >= 4 is 23.2 Å². The normalized spacial score (nSPS) is 10.8. The molecule has 0 unspecified atom stereocenters. The number of nitrogens with one attached hydrogen (secondary N) is 1. The Bertz CT molecular complexity index is 1180. The Morgan fingerprint density at radius 3 is 2.72 bits per heavy atom. The van der Waals surface area contributed by atoms with Crippen LogP contribution in [0.3, 0.4) is 0 Å². The summed E-state index contributed by atoms with van der Waals surface area (Å²) in [6.45, 7) is 2.91. The number of carbonyl (C=O) groups is 1. The Labute approximate surface area is 191 Å². The lowest BCUT2D eigenvalue weighted by Gasteiger charge is -2.05. The standard InChI is InChI=1S/C25H24ClN3O3/c1-2-5-18-8-10-21(11-9-18)31-17-22-12-13-24(32-22)25(30)28-20-14-27-29(16-20)15-19-6-3-4-7-23(19)26/h3-4,6-14,16H,2,5,15,17H2,1H3,(H,28,30). The van der Waals surface area contributed by atoms with Gasteiger partial charge in [0.2, 0.25) is 0 Å². The molecule has 0 aliphatic carbocycles. The minimum Gasteiger partial charge on any atom is -0.486 e. The number of aryl methyl sites for hydroxylation is 1. The van der Waals surface area contributed by atoms with E-state index >= 15 is 0 Å². The quantitative estimate of drug-likeness (QED) is 0.342. The highest BCUT2D eigenvalue weighted by atomic mass is 35.5. The molecule has 0 saturated heterocycles. The van der Waals surface area contributed by atoms with E-state index < -0.39 is 0 Å². The van der Waals surface area contributed by atoms with Crippen molar-refractivity contribution in [2.45, 2.75) is 32.9 Å². The number of halogens is 1. The highest BCUT2D eigenvalue weighted by Crippen LogP contribution is 2.19. The fraction of sp³-hybridized carbons (Fsp3) is 0.200. The van der Waals surface area contributed by atoms with Gasteiger partial charge in [-0.2, -0.15) is 5.10 Å². The van der Waals surface area contributed by atoms with Crippen LogP contribution in [0.15, 0.2) is 77.5 Å². The zero-order valence-electron chi connectivity index (χ0n) is 17.8. The number of carbonyl (C=O) groups excluding carboxylic acids is 1. The molecule has 2 aromatic heterocycles. The lowest BCUT2D eigenvalue weighted by molar-refractivity contribution is 0.0992. The molecule has 0 saturated carbocycles. The van der Waals surface area contributed by atoms with Crippen LogP contribution in [-0.2, 0) is 19.6 Å². The van der Waals surface area contributed by atoms with Crippen LogP contribution in [0.4, 0.5) is 5.69 Å². The Balaban J connectivity index is 1.31. The summed E-state index contributed by atoms with van der Waals surface area (Å²) in [5, 5.41) is 7.75. The number of benzene rings is 2. The summed E-state index contributed by atoms with van der Waals surface area (Å²) >= 11 is 6.20. The molecule has 0 aliphatic heterocycles. The molecular weight excluding hydrogens is 426 g/mol. The maximum Gasteiger partial charge on any atom is 0.291 e. The monoisotopic (exact) mass is 449 g/mol. The minimum atomic E-state index is -0.350. The van der Waals surface area contributed by atoms with Crippen molar-refractivity contribution in [3.63, 3.8) is 0 Å². The second-order valence-electron chi connectivity index (χ2n) is 7.42. The Morgan fingerprint density at radius 1 is 1.12 bits per heavy atom. The van der Waals surface area contributed by atoms with Gasteiger partial charge in [0, 0.05) is 11.2 Å². The molecule has 0 bridgehead atoms. The number of hydrogen-bond donors (Lipinski definition) is 1. The van der Waals surface area contributed by atoms with E-state index in [0.717, 1.165) is 24.2 Å². The first-order valence-electron chi connectivity index (χ1n) is 10.5. The van der Waals surface area contributed by atoms with Gasteiger partial charge in [-0.15, -0.1) is 0 Å². The van der Waals surface area contributed by atoms with Crippen LogP contribution in [0.25, 0.3) is 0 Å². The Hall–Kier alpha value is -3.51. The number of anilines is 1. The predicted octanol–water partition coefficient (Wildman–Crippen LogP) is 5.96. The molecule has 164 valence electrons. The van der Waals surface area contributed by atoms with Crippen LogP contribution in [0.1, 0.15) is 40.8 Å². The van der Waals surface area contributed by atoms with Crippen molar-refractivity contribution in [1.82, 2.24) is 9.78 Å². The van der Waals surface area contributed by atoms with Crippen molar-refractivity contribution in [2.75, 3.05) is 5.32 Å². The van der Waals surface area contributed by atoms with Crippen LogP contribution in [0.2, 0.25) is 5.02 Å². The van der Waals surface area contributed by atoms with Crippen LogP contribution < -0.4 is 10.1 Å². The highest BCUT2D eigenvalue weighted by molar-refractivity contribution is 6.31. The number of ether oxygens (including phenoxy) is 1. The third-order valence-corrected chi connectivity index (χ3v) is 5.28. The third-order valence-electron chi connectivity index (χ3n) is 4.91. The fourth-order valence-electron chi connectivity index (χ4n) is 3.28. The van der Waals surface area contributed by atoms with Gasteiger partial charge < -0.3 is 14.5 Å². The molecule has 1 amide bonds. The topological polar surface area (TPSA) is 69.3 Å². The first-order chi connectivity index (χ1) is 15.6. The average molecular weight is 450 g/mol. The van der Waals surface area contributed by atoms with Crippen LogP contribution in [0, 0.1) is 0 Å². The van der Waals surface area contributed by atoms with Gasteiger partial charge in [-0.25, -0.2) is 0 Å². The van der Waals surface area contributed by atoms with Gasteiger partial charge in [-0.05, 0) is 47.9 Å². The molecule has 0 spiro atoms. The lowest BCUT2D eigenvalue weighted by Crippen LogP contribution is -2.10. The van der Waals surface area contributed by atoms with Crippen molar-refractivity contribution in [2.24, 2.45) is 0 Å². The first-order valence-corrected chi connectivity index (χ1v) is 10.9. The smallest absolute Gasteiger partial charge is 0.291 e. The van der Waals surface area contributed by atoms with Crippen molar-refractivity contribution in [3.05, 3.63) is 101 Å². The highest BCUT2D eigenvalue weighted by Gasteiger charge is 2.13. The van der Waals surface area contributed by atoms with Gasteiger partial charge in [0.15, 0.2) is 5.76 Å². The number of nitrogens with zero attached hydrogens (tertiary/aromatic N) is 2. The number of hydrogen-bond acceptors (Lipinski definition) is 4. The predicted molar refractivity (Wildman–Crippen MR) is 124 cm³/mol. The molecule has 2 aromatic carbocycles. The minimum absolute atomic E-state index is 0.209. The van der Waals surface area contributed by atoms with Crippen LogP contribution >= 0.6 is 11.6 Å². The van der Waals surface area contributed by atoms with Gasteiger partial charge in [-0.3, -0.25) is 9.48 Å². The molecular formula is C25H24ClN3O3. The molecule has 4 rings (SSSR count). The van der Waals surface area contributed by atoms with E-state index in [2.05, 4.69) is 29.5 Å². The molecule has 6 nitrogen and oxygen atoms in total. The molecule has 2 heterocycles. The number of aromatic nitrogens is 2. The van der Waals surface area contributed by atoms with Crippen LogP contribution in [0.5, 0.6) is 5.75 Å². The summed E-state index contributed by atoms with van der Waals surface area (Å²) in [5.41, 5.74) is 2.81. The van der Waals surface area contributed by atoms with Gasteiger partial charge in [-0.1, -0.05) is 55.3 Å². The molecule has 1 N–H and O–H groups in total. The summed E-state index contributed by atoms with van der Waals surface area (Å²) in [6.07, 6.45) is 5.50. The van der Waals surface area contributed by atoms with Gasteiger partial charge in [0.05, 0.1) is 18.4 Å². The van der Waals surface area contributed by atoms with E-state index in [1.54, 1.807) is 29.2 Å². The Kier molecular flexibility index (Phi) is 6.92. The van der Waals surface area contributed by atoms with E-state index in [9.17, 15) is 4.79 Å². The largest absolute Gasteiger partial charge is 0.486 e. The fourth-order valence-corrected chi connectivity index (χ4v) is 3.48. The zero-order valence-corrected chi connectivity index (χ0v) is 18.5. The molecule has 0 fully saturated rings. The number of rotatable bonds is 9. The van der Waals surface area contributed by atoms with E-state index in [-0.39, 0.29) is 18.3 Å². The summed E-state index contributed by atoms with van der Waals surface area (Å²) < 4.78 is 13.1. The molecule has 7 heteroatoms. The van der Waals surface area contributed by atoms with Crippen molar-refractivity contribution in [1.29, 1.82) is 0 Å². The van der Waals surface area contributed by atoms with E-state index in [1.165, 1.54) is 5.56 Å². The van der Waals surface area contributed by atoms with E-state index in [1.807, 2.05) is 36.4 Å². The van der Waals surface area contributed by atoms with E-state index in [4.69, 9.17) is 20.8 Å². The maximum atomic E-state index is 12.5. The lowest BCUT2D eigenvalue weighted by atomic mass is 10.1. The number of amides is 1. The first kappa shape index (κ1) is 21.7. The molecule has 0 atom stereocenters. The number of furan rings is 1. The van der Waals surface area contributed by atoms with E-state index in [0.29, 0.717) is 23.0 Å². The summed E-state index contributed by atoms with van der Waals surface area (Å²) in [7, 11) is 0. The summed E-state index contributed by atoms with van der Waals surface area (Å²) in [6, 6.07) is 19.0. The average Bonchev–Trinajstić information content (AvgIpc) is 3.45. The summed E-state index contributed by atoms with van der Waals surface area (Å²) in [4.78, 5) is 12.5. The van der Waals surface area contributed by atoms with Gasteiger partial charge in [0.25, 0.3) is 5.91 Å². The summed E-state index contributed by atoms with van der Waals surface area (Å²) in [5.74, 6) is 1.19. The van der Waals surface area contributed by atoms with Gasteiger partial charge in [0.1, 0.15) is 18.1 Å². The maximum absolute atomic E-state index is 12.5. The van der Waals surface area contributed by atoms with Crippen molar-refractivity contribution in [3.8, 4) is 5.75 Å². The molecule has 4 aromatic rings. The molecule has 32 heavy (non-hydrogen) atoms. The van der Waals surface area contributed by atoms with Crippen LogP contribution in [-0.4, -0.2) is 15.7 Å². The van der Waals surface area contributed by atoms with Gasteiger partial charge >= 0.3 is 0 Å². The molecule has 0 aliphatic rings. The second-order valence-corrected chi connectivity index (χ2v) is 7.83. The Morgan fingerprint density at radius 2 is 1.94 bits per heavy atom. The second kappa shape index (κ2) is 10.2. The molecule has 0 radical (unpaired) electrons. The third kappa shape index (κ3) is 5.59. The zero-order chi connectivity index (χ0) is 22.3. The SMILES string of the molecule is CCCc1ccc(OCc2ccc(C(=O)Nc3cnn(Cc4ccccc4Cl)c3)o2)cc1. The van der Waals surface area contributed by atoms with Crippen molar-refractivity contribution < 1.29 is 13.9 Å².